The number of pyridine rings is 1. The molecule has 1 aliphatic heterocycles. The average molecular weight is 312 g/mol. The number of amides is 1. The largest absolute Gasteiger partial charge is 0.337 e. The van der Waals surface area contributed by atoms with Crippen LogP contribution in [0.3, 0.4) is 0 Å². The second-order valence-corrected chi connectivity index (χ2v) is 6.19. The number of hydrogen-bond acceptors (Lipinski definition) is 3. The molecule has 0 radical (unpaired) electrons. The summed E-state index contributed by atoms with van der Waals surface area (Å²) in [6, 6.07) is 8.20. The molecular formula is C18H24N4O. The fourth-order valence-corrected chi connectivity index (χ4v) is 3.39. The smallest absolute Gasteiger partial charge is 0.255 e. The van der Waals surface area contributed by atoms with Crippen LogP contribution in [0.4, 0.5) is 0 Å². The Labute approximate surface area is 137 Å². The van der Waals surface area contributed by atoms with E-state index in [1.165, 1.54) is 0 Å². The van der Waals surface area contributed by atoms with Gasteiger partial charge in [0.25, 0.3) is 5.91 Å². The molecule has 0 spiro atoms. The topological polar surface area (TPSA) is 50.2 Å². The third-order valence-electron chi connectivity index (χ3n) is 4.66. The van der Waals surface area contributed by atoms with Gasteiger partial charge >= 0.3 is 0 Å². The monoisotopic (exact) mass is 312 g/mol. The Morgan fingerprint density at radius 3 is 2.87 bits per heavy atom. The number of aromatic nitrogens is 2. The van der Waals surface area contributed by atoms with Gasteiger partial charge in [-0.05, 0) is 51.9 Å². The SMILES string of the molecule is CNC1CCCN(C(=O)c2cc(C)n(-c3ccccn3)c2C)C1. The van der Waals surface area contributed by atoms with E-state index in [4.69, 9.17) is 0 Å². The van der Waals surface area contributed by atoms with Gasteiger partial charge in [-0.25, -0.2) is 4.98 Å². The maximum atomic E-state index is 12.9. The number of likely N-dealkylation sites (tertiary alicyclic amines) is 1. The van der Waals surface area contributed by atoms with Crippen molar-refractivity contribution in [3.8, 4) is 5.82 Å². The zero-order valence-electron chi connectivity index (χ0n) is 14.0. The summed E-state index contributed by atoms with van der Waals surface area (Å²) in [6.07, 6.45) is 3.96. The summed E-state index contributed by atoms with van der Waals surface area (Å²) >= 11 is 0. The fourth-order valence-electron chi connectivity index (χ4n) is 3.39. The van der Waals surface area contributed by atoms with Crippen LogP contribution >= 0.6 is 0 Å². The van der Waals surface area contributed by atoms with Gasteiger partial charge in [0.05, 0.1) is 5.56 Å². The maximum absolute atomic E-state index is 12.9. The molecule has 5 heteroatoms. The van der Waals surface area contributed by atoms with E-state index in [9.17, 15) is 4.79 Å². The van der Waals surface area contributed by atoms with E-state index >= 15 is 0 Å². The van der Waals surface area contributed by atoms with Crippen molar-refractivity contribution in [3.63, 3.8) is 0 Å². The number of nitrogens with one attached hydrogen (secondary N) is 1. The first-order valence-electron chi connectivity index (χ1n) is 8.18. The minimum absolute atomic E-state index is 0.125. The fraction of sp³-hybridized carbons (Fsp3) is 0.444. The lowest BCUT2D eigenvalue weighted by molar-refractivity contribution is 0.0697. The lowest BCUT2D eigenvalue weighted by Crippen LogP contribution is -2.47. The van der Waals surface area contributed by atoms with Gasteiger partial charge in [-0.1, -0.05) is 6.07 Å². The highest BCUT2D eigenvalue weighted by atomic mass is 16.2. The van der Waals surface area contributed by atoms with Crippen LogP contribution < -0.4 is 5.32 Å². The van der Waals surface area contributed by atoms with Gasteiger partial charge in [-0.15, -0.1) is 0 Å². The average Bonchev–Trinajstić information content (AvgIpc) is 2.89. The molecule has 5 nitrogen and oxygen atoms in total. The van der Waals surface area contributed by atoms with Crippen LogP contribution in [0, 0.1) is 13.8 Å². The highest BCUT2D eigenvalue weighted by Gasteiger charge is 2.26. The van der Waals surface area contributed by atoms with Crippen molar-refractivity contribution in [2.75, 3.05) is 20.1 Å². The number of piperidine rings is 1. The van der Waals surface area contributed by atoms with Gasteiger partial charge in [-0.3, -0.25) is 4.79 Å². The Bertz CT molecular complexity index is 693. The minimum Gasteiger partial charge on any atom is -0.337 e. The van der Waals surface area contributed by atoms with Crippen LogP contribution in [0.5, 0.6) is 0 Å². The summed E-state index contributed by atoms with van der Waals surface area (Å²) < 4.78 is 2.05. The van der Waals surface area contributed by atoms with E-state index in [1.807, 2.05) is 54.6 Å². The van der Waals surface area contributed by atoms with Crippen molar-refractivity contribution in [1.82, 2.24) is 19.8 Å². The summed E-state index contributed by atoms with van der Waals surface area (Å²) in [5, 5.41) is 3.29. The van der Waals surface area contributed by atoms with Crippen LogP contribution in [0.2, 0.25) is 0 Å². The molecule has 2 aromatic heterocycles. The molecule has 1 saturated heterocycles. The molecule has 0 bridgehead atoms. The molecule has 1 amide bonds. The molecule has 1 N–H and O–H groups in total. The van der Waals surface area contributed by atoms with Crippen molar-refractivity contribution >= 4 is 5.91 Å². The molecule has 23 heavy (non-hydrogen) atoms. The number of likely N-dealkylation sites (N-methyl/N-ethyl adjacent to an activating group) is 1. The summed E-state index contributed by atoms with van der Waals surface area (Å²) in [5.41, 5.74) is 2.77. The first-order chi connectivity index (χ1) is 11.1. The summed E-state index contributed by atoms with van der Waals surface area (Å²) in [6.45, 7) is 5.63. The van der Waals surface area contributed by atoms with Crippen LogP contribution in [-0.2, 0) is 0 Å². The highest BCUT2D eigenvalue weighted by molar-refractivity contribution is 5.96. The van der Waals surface area contributed by atoms with Gasteiger partial charge in [0.2, 0.25) is 0 Å². The number of aryl methyl sites for hydroxylation is 1. The quantitative estimate of drug-likeness (QED) is 0.946. The zero-order valence-corrected chi connectivity index (χ0v) is 14.0. The Hall–Kier alpha value is -2.14. The molecule has 1 aliphatic rings. The van der Waals surface area contributed by atoms with E-state index in [0.717, 1.165) is 48.7 Å². The Morgan fingerprint density at radius 2 is 2.17 bits per heavy atom. The van der Waals surface area contributed by atoms with E-state index in [1.54, 1.807) is 6.20 Å². The van der Waals surface area contributed by atoms with E-state index < -0.39 is 0 Å². The summed E-state index contributed by atoms with van der Waals surface area (Å²) in [7, 11) is 1.96. The van der Waals surface area contributed by atoms with Gasteiger partial charge in [0, 0.05) is 36.7 Å². The van der Waals surface area contributed by atoms with Crippen LogP contribution in [-0.4, -0.2) is 46.5 Å². The molecule has 1 unspecified atom stereocenters. The van der Waals surface area contributed by atoms with E-state index in [0.29, 0.717) is 6.04 Å². The number of nitrogens with zero attached hydrogens (tertiary/aromatic N) is 3. The van der Waals surface area contributed by atoms with Crippen molar-refractivity contribution in [2.45, 2.75) is 32.7 Å². The predicted octanol–water partition coefficient (Wildman–Crippen LogP) is 2.31. The second kappa shape index (κ2) is 6.54. The third kappa shape index (κ3) is 3.01. The number of carbonyl (C=O) groups is 1. The molecule has 1 fully saturated rings. The summed E-state index contributed by atoms with van der Waals surface area (Å²) in [4.78, 5) is 19.3. The molecule has 1 atom stereocenters. The zero-order chi connectivity index (χ0) is 16.4. The van der Waals surface area contributed by atoms with E-state index in [2.05, 4.69) is 10.3 Å². The highest BCUT2D eigenvalue weighted by Crippen LogP contribution is 2.22. The molecule has 0 aliphatic carbocycles. The van der Waals surface area contributed by atoms with Gasteiger partial charge in [-0.2, -0.15) is 0 Å². The molecule has 3 heterocycles. The van der Waals surface area contributed by atoms with Gasteiger partial charge in [0.15, 0.2) is 0 Å². The summed E-state index contributed by atoms with van der Waals surface area (Å²) in [5.74, 6) is 0.980. The van der Waals surface area contributed by atoms with Crippen LogP contribution in [0.1, 0.15) is 34.6 Å². The molecular weight excluding hydrogens is 288 g/mol. The molecule has 0 aromatic carbocycles. The lowest BCUT2D eigenvalue weighted by atomic mass is 10.0. The van der Waals surface area contributed by atoms with Crippen molar-refractivity contribution in [3.05, 3.63) is 47.4 Å². The predicted molar refractivity (Wildman–Crippen MR) is 91.0 cm³/mol. The Morgan fingerprint density at radius 1 is 1.35 bits per heavy atom. The van der Waals surface area contributed by atoms with Gasteiger partial charge < -0.3 is 14.8 Å². The minimum atomic E-state index is 0.125. The molecule has 2 aromatic rings. The van der Waals surface area contributed by atoms with Gasteiger partial charge in [0.1, 0.15) is 5.82 Å². The number of hydrogen-bond donors (Lipinski definition) is 1. The van der Waals surface area contributed by atoms with Crippen molar-refractivity contribution < 1.29 is 4.79 Å². The van der Waals surface area contributed by atoms with Crippen molar-refractivity contribution in [1.29, 1.82) is 0 Å². The number of rotatable bonds is 3. The third-order valence-corrected chi connectivity index (χ3v) is 4.66. The first-order valence-corrected chi connectivity index (χ1v) is 8.18. The standard InChI is InChI=1S/C18H24N4O/c1-13-11-16(14(2)22(13)17-8-4-5-9-20-17)18(23)21-10-6-7-15(12-21)19-3/h4-5,8-9,11,15,19H,6-7,10,12H2,1-3H3. The Balaban J connectivity index is 1.90. The number of carbonyl (C=O) groups excluding carboxylic acids is 1. The van der Waals surface area contributed by atoms with Crippen LogP contribution in [0.15, 0.2) is 30.5 Å². The second-order valence-electron chi connectivity index (χ2n) is 6.19. The molecule has 122 valence electrons. The molecule has 0 saturated carbocycles. The van der Waals surface area contributed by atoms with E-state index in [-0.39, 0.29) is 5.91 Å². The lowest BCUT2D eigenvalue weighted by Gasteiger charge is -2.32. The maximum Gasteiger partial charge on any atom is 0.255 e. The van der Waals surface area contributed by atoms with Crippen molar-refractivity contribution in [2.24, 2.45) is 0 Å². The first kappa shape index (κ1) is 15.7. The van der Waals surface area contributed by atoms with Crippen LogP contribution in [0.25, 0.3) is 5.82 Å². The molecule has 3 rings (SSSR count). The Kier molecular flexibility index (Phi) is 4.48. The normalized spacial score (nSPS) is 18.2.